The second kappa shape index (κ2) is 7.97. The fourth-order valence-corrected chi connectivity index (χ4v) is 2.62. The largest absolute Gasteiger partial charge is 0.508 e. The standard InChI is InChI=1S/C18H25N3O3/c1-4-21(11-17(23)14-6-5-7-15(22)10-14)18(24)9-8-16-12(2)13(3)19-20-16/h5-7,10,17,22-23H,4,8-9,11H2,1-3H3,(H,19,20)/t17-/m1/s1. The number of phenols is 1. The lowest BCUT2D eigenvalue weighted by molar-refractivity contribution is -0.132. The average molecular weight is 331 g/mol. The third-order valence-electron chi connectivity index (χ3n) is 4.31. The second-order valence-electron chi connectivity index (χ2n) is 5.96. The molecule has 2 aromatic rings. The molecule has 0 aliphatic heterocycles. The summed E-state index contributed by atoms with van der Waals surface area (Å²) in [4.78, 5) is 14.1. The molecule has 0 fully saturated rings. The summed E-state index contributed by atoms with van der Waals surface area (Å²) >= 11 is 0. The van der Waals surface area contributed by atoms with Crippen LogP contribution in [0.1, 0.15) is 42.0 Å². The fraction of sp³-hybridized carbons (Fsp3) is 0.444. The number of aryl methyl sites for hydroxylation is 2. The SMILES string of the molecule is CCN(C[C@@H](O)c1cccc(O)c1)C(=O)CCc1n[nH]c(C)c1C. The maximum Gasteiger partial charge on any atom is 0.223 e. The van der Waals surface area contributed by atoms with Crippen LogP contribution in [0.3, 0.4) is 0 Å². The first-order valence-corrected chi connectivity index (χ1v) is 8.17. The summed E-state index contributed by atoms with van der Waals surface area (Å²) in [5, 5.41) is 26.9. The molecule has 1 heterocycles. The lowest BCUT2D eigenvalue weighted by Gasteiger charge is -2.24. The monoisotopic (exact) mass is 331 g/mol. The molecular formula is C18H25N3O3. The van der Waals surface area contributed by atoms with Crippen molar-refractivity contribution in [2.24, 2.45) is 0 Å². The maximum atomic E-state index is 12.4. The number of aromatic nitrogens is 2. The number of amides is 1. The van der Waals surface area contributed by atoms with Gasteiger partial charge in [-0.15, -0.1) is 0 Å². The number of aliphatic hydroxyl groups is 1. The van der Waals surface area contributed by atoms with Gasteiger partial charge in [0.1, 0.15) is 5.75 Å². The number of aromatic hydroxyl groups is 1. The van der Waals surface area contributed by atoms with Gasteiger partial charge < -0.3 is 15.1 Å². The molecule has 1 atom stereocenters. The molecule has 2 rings (SSSR count). The molecule has 0 saturated heterocycles. The molecule has 0 radical (unpaired) electrons. The van der Waals surface area contributed by atoms with Crippen molar-refractivity contribution < 1.29 is 15.0 Å². The van der Waals surface area contributed by atoms with E-state index < -0.39 is 6.10 Å². The van der Waals surface area contributed by atoms with E-state index >= 15 is 0 Å². The van der Waals surface area contributed by atoms with Crippen LogP contribution in [-0.4, -0.2) is 44.3 Å². The molecular weight excluding hydrogens is 306 g/mol. The van der Waals surface area contributed by atoms with E-state index in [1.54, 1.807) is 23.1 Å². The molecule has 1 aromatic carbocycles. The van der Waals surface area contributed by atoms with Gasteiger partial charge in [-0.25, -0.2) is 0 Å². The average Bonchev–Trinajstić information content (AvgIpc) is 2.89. The molecule has 24 heavy (non-hydrogen) atoms. The molecule has 0 spiro atoms. The summed E-state index contributed by atoms with van der Waals surface area (Å²) in [6.45, 7) is 6.56. The van der Waals surface area contributed by atoms with Crippen LogP contribution in [-0.2, 0) is 11.2 Å². The molecule has 0 aliphatic rings. The first-order valence-electron chi connectivity index (χ1n) is 8.17. The summed E-state index contributed by atoms with van der Waals surface area (Å²) in [6, 6.07) is 6.47. The van der Waals surface area contributed by atoms with Gasteiger partial charge in [0, 0.05) is 25.1 Å². The van der Waals surface area contributed by atoms with Gasteiger partial charge in [-0.1, -0.05) is 12.1 Å². The number of aliphatic hydroxyl groups excluding tert-OH is 1. The summed E-state index contributed by atoms with van der Waals surface area (Å²) < 4.78 is 0. The van der Waals surface area contributed by atoms with Crippen molar-refractivity contribution in [2.75, 3.05) is 13.1 Å². The highest BCUT2D eigenvalue weighted by Gasteiger charge is 2.18. The molecule has 6 heteroatoms. The quantitative estimate of drug-likeness (QED) is 0.726. The minimum Gasteiger partial charge on any atom is -0.508 e. The number of rotatable bonds is 7. The number of hydrogen-bond donors (Lipinski definition) is 3. The summed E-state index contributed by atoms with van der Waals surface area (Å²) in [7, 11) is 0. The van der Waals surface area contributed by atoms with Gasteiger partial charge in [0.2, 0.25) is 5.91 Å². The van der Waals surface area contributed by atoms with E-state index in [2.05, 4.69) is 10.2 Å². The number of benzene rings is 1. The molecule has 1 amide bonds. The highest BCUT2D eigenvalue weighted by atomic mass is 16.3. The third-order valence-corrected chi connectivity index (χ3v) is 4.31. The van der Waals surface area contributed by atoms with Gasteiger partial charge in [0.05, 0.1) is 18.3 Å². The zero-order valence-corrected chi connectivity index (χ0v) is 14.4. The summed E-state index contributed by atoms with van der Waals surface area (Å²) in [5.74, 6) is 0.0852. The molecule has 0 saturated carbocycles. The van der Waals surface area contributed by atoms with Gasteiger partial charge >= 0.3 is 0 Å². The zero-order chi connectivity index (χ0) is 17.7. The molecule has 1 aromatic heterocycles. The number of hydrogen-bond acceptors (Lipinski definition) is 4. The van der Waals surface area contributed by atoms with Crippen molar-refractivity contribution in [2.45, 2.75) is 39.7 Å². The van der Waals surface area contributed by atoms with E-state index in [0.29, 0.717) is 24.9 Å². The number of nitrogens with one attached hydrogen (secondary N) is 1. The lowest BCUT2D eigenvalue weighted by Crippen LogP contribution is -2.34. The molecule has 0 bridgehead atoms. The van der Waals surface area contributed by atoms with Crippen LogP contribution in [0.25, 0.3) is 0 Å². The van der Waals surface area contributed by atoms with Gasteiger partial charge in [0.25, 0.3) is 0 Å². The number of carbonyl (C=O) groups excluding carboxylic acids is 1. The minimum atomic E-state index is -0.824. The van der Waals surface area contributed by atoms with Crippen LogP contribution < -0.4 is 0 Å². The number of nitrogens with zero attached hydrogens (tertiary/aromatic N) is 2. The fourth-order valence-electron chi connectivity index (χ4n) is 2.62. The zero-order valence-electron chi connectivity index (χ0n) is 14.4. The van der Waals surface area contributed by atoms with Crippen LogP contribution in [0, 0.1) is 13.8 Å². The van der Waals surface area contributed by atoms with Crippen molar-refractivity contribution in [3.8, 4) is 5.75 Å². The number of likely N-dealkylation sites (N-methyl/N-ethyl adjacent to an activating group) is 1. The Hall–Kier alpha value is -2.34. The van der Waals surface area contributed by atoms with Crippen molar-refractivity contribution in [1.82, 2.24) is 15.1 Å². The van der Waals surface area contributed by atoms with Gasteiger partial charge in [0.15, 0.2) is 0 Å². The Balaban J connectivity index is 1.94. The number of H-pyrrole nitrogens is 1. The predicted molar refractivity (Wildman–Crippen MR) is 91.7 cm³/mol. The van der Waals surface area contributed by atoms with Gasteiger partial charge in [-0.3, -0.25) is 9.89 Å². The normalized spacial score (nSPS) is 12.2. The number of aromatic amines is 1. The van der Waals surface area contributed by atoms with Gasteiger partial charge in [-0.05, 0) is 44.0 Å². The van der Waals surface area contributed by atoms with E-state index in [0.717, 1.165) is 17.0 Å². The van der Waals surface area contributed by atoms with Crippen molar-refractivity contribution >= 4 is 5.91 Å². The predicted octanol–water partition coefficient (Wildman–Crippen LogP) is 2.25. The van der Waals surface area contributed by atoms with E-state index in [1.165, 1.54) is 6.07 Å². The Labute approximate surface area is 142 Å². The first-order chi connectivity index (χ1) is 11.4. The van der Waals surface area contributed by atoms with E-state index in [9.17, 15) is 15.0 Å². The van der Waals surface area contributed by atoms with Crippen molar-refractivity contribution in [1.29, 1.82) is 0 Å². The van der Waals surface area contributed by atoms with Crippen molar-refractivity contribution in [3.05, 3.63) is 46.8 Å². The Bertz CT molecular complexity index is 697. The summed E-state index contributed by atoms with van der Waals surface area (Å²) in [6.07, 6.45) is 0.106. The topological polar surface area (TPSA) is 89.4 Å². The highest BCUT2D eigenvalue weighted by molar-refractivity contribution is 5.76. The van der Waals surface area contributed by atoms with Crippen LogP contribution >= 0.6 is 0 Å². The maximum absolute atomic E-state index is 12.4. The summed E-state index contributed by atoms with van der Waals surface area (Å²) in [5.41, 5.74) is 3.61. The molecule has 0 unspecified atom stereocenters. The first kappa shape index (κ1) is 18.0. The Morgan fingerprint density at radius 2 is 2.12 bits per heavy atom. The third kappa shape index (κ3) is 4.35. The molecule has 6 nitrogen and oxygen atoms in total. The van der Waals surface area contributed by atoms with Crippen LogP contribution in [0.4, 0.5) is 0 Å². The molecule has 130 valence electrons. The number of phenolic OH excluding ortho intramolecular Hbond substituents is 1. The minimum absolute atomic E-state index is 0.0169. The lowest BCUT2D eigenvalue weighted by atomic mass is 10.1. The second-order valence-corrected chi connectivity index (χ2v) is 5.96. The highest BCUT2D eigenvalue weighted by Crippen LogP contribution is 2.19. The van der Waals surface area contributed by atoms with Crippen LogP contribution in [0.15, 0.2) is 24.3 Å². The number of carbonyl (C=O) groups is 1. The van der Waals surface area contributed by atoms with Crippen LogP contribution in [0.2, 0.25) is 0 Å². The smallest absolute Gasteiger partial charge is 0.223 e. The van der Waals surface area contributed by atoms with Gasteiger partial charge in [-0.2, -0.15) is 5.10 Å². The van der Waals surface area contributed by atoms with E-state index in [1.807, 2.05) is 20.8 Å². The molecule has 3 N–H and O–H groups in total. The van der Waals surface area contributed by atoms with Crippen LogP contribution in [0.5, 0.6) is 5.75 Å². The van der Waals surface area contributed by atoms with E-state index in [4.69, 9.17) is 0 Å². The van der Waals surface area contributed by atoms with E-state index in [-0.39, 0.29) is 18.2 Å². The molecule has 0 aliphatic carbocycles. The Morgan fingerprint density at radius 1 is 1.38 bits per heavy atom. The Kier molecular flexibility index (Phi) is 5.98. The Morgan fingerprint density at radius 3 is 2.71 bits per heavy atom. The van der Waals surface area contributed by atoms with Crippen molar-refractivity contribution in [3.63, 3.8) is 0 Å².